The molecule has 0 saturated heterocycles. The molecule has 1 unspecified atom stereocenters. The predicted molar refractivity (Wildman–Crippen MR) is 312 cm³/mol. The highest BCUT2D eigenvalue weighted by atomic mass is 16.6. The molecule has 0 radical (unpaired) electrons. The molecule has 0 aliphatic rings. The van der Waals surface area contributed by atoms with Crippen LogP contribution in [0, 0.1) is 0 Å². The van der Waals surface area contributed by atoms with Crippen LogP contribution in [0.15, 0.2) is 60.8 Å². The van der Waals surface area contributed by atoms with E-state index in [1.54, 1.807) is 0 Å². The van der Waals surface area contributed by atoms with Crippen molar-refractivity contribution >= 4 is 17.9 Å². The van der Waals surface area contributed by atoms with Crippen molar-refractivity contribution < 1.29 is 28.6 Å². The van der Waals surface area contributed by atoms with Crippen molar-refractivity contribution in [1.29, 1.82) is 0 Å². The molecule has 6 nitrogen and oxygen atoms in total. The lowest BCUT2D eigenvalue weighted by Gasteiger charge is -2.18. The fourth-order valence-corrected chi connectivity index (χ4v) is 8.97. The molecular formula is C66H118O6. The lowest BCUT2D eigenvalue weighted by Crippen LogP contribution is -2.30. The topological polar surface area (TPSA) is 78.9 Å². The monoisotopic (exact) mass is 1010 g/mol. The first-order chi connectivity index (χ1) is 35.5. The lowest BCUT2D eigenvalue weighted by molar-refractivity contribution is -0.167. The molecule has 0 bridgehead atoms. The third-order valence-electron chi connectivity index (χ3n) is 13.7. The van der Waals surface area contributed by atoms with Gasteiger partial charge in [-0.2, -0.15) is 0 Å². The Morgan fingerprint density at radius 1 is 0.278 bits per heavy atom. The van der Waals surface area contributed by atoms with Gasteiger partial charge in [-0.1, -0.05) is 255 Å². The van der Waals surface area contributed by atoms with Gasteiger partial charge in [0.05, 0.1) is 0 Å². The van der Waals surface area contributed by atoms with E-state index in [4.69, 9.17) is 14.2 Å². The van der Waals surface area contributed by atoms with Gasteiger partial charge in [0.1, 0.15) is 13.2 Å². The molecule has 0 N–H and O–H groups in total. The summed E-state index contributed by atoms with van der Waals surface area (Å²) in [6.45, 7) is 6.62. The summed E-state index contributed by atoms with van der Waals surface area (Å²) >= 11 is 0. The van der Waals surface area contributed by atoms with Crippen LogP contribution >= 0.6 is 0 Å². The fraction of sp³-hybridized carbons (Fsp3) is 0.803. The zero-order valence-electron chi connectivity index (χ0n) is 47.9. The maximum atomic E-state index is 12.9. The van der Waals surface area contributed by atoms with Crippen molar-refractivity contribution in [1.82, 2.24) is 0 Å². The number of allylic oxidation sites excluding steroid dienone is 10. The third-order valence-corrected chi connectivity index (χ3v) is 13.7. The highest BCUT2D eigenvalue weighted by Crippen LogP contribution is 2.16. The second-order valence-electron chi connectivity index (χ2n) is 21.0. The van der Waals surface area contributed by atoms with E-state index in [2.05, 4.69) is 81.5 Å². The Bertz CT molecular complexity index is 1290. The van der Waals surface area contributed by atoms with Crippen LogP contribution in [0.25, 0.3) is 0 Å². The predicted octanol–water partition coefficient (Wildman–Crippen LogP) is 21.2. The zero-order valence-corrected chi connectivity index (χ0v) is 47.9. The Morgan fingerprint density at radius 2 is 0.500 bits per heavy atom. The van der Waals surface area contributed by atoms with Gasteiger partial charge in [0.2, 0.25) is 0 Å². The van der Waals surface area contributed by atoms with Crippen molar-refractivity contribution in [2.45, 2.75) is 329 Å². The van der Waals surface area contributed by atoms with Crippen LogP contribution in [0.4, 0.5) is 0 Å². The number of carbonyl (C=O) groups is 3. The maximum absolute atomic E-state index is 12.9. The van der Waals surface area contributed by atoms with Crippen LogP contribution in [0.5, 0.6) is 0 Å². The molecule has 72 heavy (non-hydrogen) atoms. The molecule has 6 heteroatoms. The van der Waals surface area contributed by atoms with E-state index in [9.17, 15) is 14.4 Å². The molecule has 0 saturated carbocycles. The van der Waals surface area contributed by atoms with Gasteiger partial charge < -0.3 is 14.2 Å². The molecule has 0 fully saturated rings. The van der Waals surface area contributed by atoms with Crippen LogP contribution < -0.4 is 0 Å². The Balaban J connectivity index is 4.36. The molecule has 1 atom stereocenters. The molecule has 0 rings (SSSR count). The number of carbonyl (C=O) groups excluding carboxylic acids is 3. The number of ether oxygens (including phenoxy) is 3. The average molecular weight is 1010 g/mol. The lowest BCUT2D eigenvalue weighted by atomic mass is 10.1. The normalized spacial score (nSPS) is 12.4. The van der Waals surface area contributed by atoms with Crippen molar-refractivity contribution in [3.63, 3.8) is 0 Å². The molecule has 0 spiro atoms. The minimum absolute atomic E-state index is 0.0793. The van der Waals surface area contributed by atoms with E-state index in [-0.39, 0.29) is 31.1 Å². The first-order valence-corrected chi connectivity index (χ1v) is 31.3. The summed E-state index contributed by atoms with van der Waals surface area (Å²) < 4.78 is 16.9. The molecule has 0 aromatic heterocycles. The molecule has 0 aliphatic carbocycles. The van der Waals surface area contributed by atoms with Gasteiger partial charge in [0, 0.05) is 19.3 Å². The van der Waals surface area contributed by atoms with Gasteiger partial charge in [-0.25, -0.2) is 0 Å². The molecular weight excluding hydrogens is 889 g/mol. The SMILES string of the molecule is CCCCC/C=C\C/C=C\CCCCCCCCCCCC(=O)OC(COC(=O)CCCCCCC/C=C\CCCCCCC)COC(=O)CCCCCCCCCCC/C=C\C/C=C\CCCCCCC. The smallest absolute Gasteiger partial charge is 0.306 e. The quantitative estimate of drug-likeness (QED) is 0.0261. The minimum atomic E-state index is -0.782. The maximum Gasteiger partial charge on any atom is 0.306 e. The number of hydrogen-bond acceptors (Lipinski definition) is 6. The first kappa shape index (κ1) is 69.1. The summed E-state index contributed by atoms with van der Waals surface area (Å²) in [5.74, 6) is -0.881. The van der Waals surface area contributed by atoms with Crippen LogP contribution in [0.3, 0.4) is 0 Å². The second kappa shape index (κ2) is 60.7. The zero-order chi connectivity index (χ0) is 52.2. The highest BCUT2D eigenvalue weighted by molar-refractivity contribution is 5.71. The number of unbranched alkanes of at least 4 members (excludes halogenated alkanes) is 36. The third kappa shape index (κ3) is 58.0. The van der Waals surface area contributed by atoms with Gasteiger partial charge in [-0.3, -0.25) is 14.4 Å². The summed E-state index contributed by atoms with van der Waals surface area (Å²) in [5, 5.41) is 0. The van der Waals surface area contributed by atoms with E-state index < -0.39 is 6.10 Å². The van der Waals surface area contributed by atoms with Crippen LogP contribution in [-0.4, -0.2) is 37.2 Å². The number of esters is 3. The summed E-state index contributed by atoms with van der Waals surface area (Å²) in [7, 11) is 0. The highest BCUT2D eigenvalue weighted by Gasteiger charge is 2.19. The molecule has 0 aromatic rings. The Hall–Kier alpha value is -2.89. The average Bonchev–Trinajstić information content (AvgIpc) is 3.38. The number of hydrogen-bond donors (Lipinski definition) is 0. The molecule has 0 heterocycles. The summed E-state index contributed by atoms with van der Waals surface area (Å²) in [6, 6.07) is 0. The summed E-state index contributed by atoms with van der Waals surface area (Å²) in [4.78, 5) is 38.3. The molecule has 0 aromatic carbocycles. The van der Waals surface area contributed by atoms with Gasteiger partial charge >= 0.3 is 17.9 Å². The van der Waals surface area contributed by atoms with Crippen LogP contribution in [0.1, 0.15) is 323 Å². The van der Waals surface area contributed by atoms with Crippen molar-refractivity contribution in [3.8, 4) is 0 Å². The second-order valence-corrected chi connectivity index (χ2v) is 21.0. The van der Waals surface area contributed by atoms with Gasteiger partial charge in [0.15, 0.2) is 6.10 Å². The standard InChI is InChI=1S/C66H118O6/c1-4-7-10-13-16-19-22-25-28-30-32-33-35-36-38-41-44-47-50-53-56-59-65(68)71-62-63(61-70-64(67)58-55-52-49-46-43-40-27-24-21-18-15-12-9-6-3)72-66(69)60-57-54-51-48-45-42-39-37-34-31-29-26-23-20-17-14-11-8-5-2/h17,20,22,24-27,29-30,32,63H,4-16,18-19,21,23,28,31,33-62H2,1-3H3/b20-17-,25-22-,27-24-,29-26-,32-30-. The van der Waals surface area contributed by atoms with Gasteiger partial charge in [0.25, 0.3) is 0 Å². The minimum Gasteiger partial charge on any atom is -0.462 e. The van der Waals surface area contributed by atoms with Crippen LogP contribution in [-0.2, 0) is 28.6 Å². The van der Waals surface area contributed by atoms with Crippen LogP contribution in [0.2, 0.25) is 0 Å². The van der Waals surface area contributed by atoms with Crippen molar-refractivity contribution in [2.75, 3.05) is 13.2 Å². The van der Waals surface area contributed by atoms with Crippen molar-refractivity contribution in [2.24, 2.45) is 0 Å². The largest absolute Gasteiger partial charge is 0.462 e. The first-order valence-electron chi connectivity index (χ1n) is 31.3. The fourth-order valence-electron chi connectivity index (χ4n) is 8.97. The molecule has 418 valence electrons. The Morgan fingerprint density at radius 3 is 0.806 bits per heavy atom. The van der Waals surface area contributed by atoms with E-state index in [0.29, 0.717) is 19.3 Å². The molecule has 0 amide bonds. The van der Waals surface area contributed by atoms with Gasteiger partial charge in [-0.05, 0) is 109 Å². The Kier molecular flexibility index (Phi) is 58.2. The van der Waals surface area contributed by atoms with Crippen molar-refractivity contribution in [3.05, 3.63) is 60.8 Å². The number of rotatable bonds is 57. The van der Waals surface area contributed by atoms with E-state index in [1.807, 2.05) is 0 Å². The van der Waals surface area contributed by atoms with Gasteiger partial charge in [-0.15, -0.1) is 0 Å². The van der Waals surface area contributed by atoms with E-state index >= 15 is 0 Å². The summed E-state index contributed by atoms with van der Waals surface area (Å²) in [5.41, 5.74) is 0. The molecule has 0 aliphatic heterocycles. The van der Waals surface area contributed by atoms with E-state index in [0.717, 1.165) is 77.0 Å². The summed E-state index contributed by atoms with van der Waals surface area (Å²) in [6.07, 6.45) is 76.4. The Labute approximate surface area is 447 Å². The van der Waals surface area contributed by atoms with E-state index in [1.165, 1.54) is 205 Å².